The van der Waals surface area contributed by atoms with E-state index in [1.807, 2.05) is 6.07 Å². The van der Waals surface area contributed by atoms with Crippen LogP contribution < -0.4 is 9.46 Å². The van der Waals surface area contributed by atoms with Gasteiger partial charge in [0.15, 0.2) is 0 Å². The molecule has 0 aliphatic rings. The molecule has 0 aliphatic carbocycles. The van der Waals surface area contributed by atoms with Crippen LogP contribution in [-0.2, 0) is 16.6 Å². The van der Waals surface area contributed by atoms with Crippen molar-refractivity contribution >= 4 is 10.0 Å². The minimum absolute atomic E-state index is 0.0472. The van der Waals surface area contributed by atoms with E-state index < -0.39 is 10.0 Å². The second kappa shape index (κ2) is 6.17. The number of methoxy groups -OCH3 is 1. The van der Waals surface area contributed by atoms with Gasteiger partial charge in [-0.3, -0.25) is 0 Å². The number of hydrogen-bond acceptors (Lipinski definition) is 6. The van der Waals surface area contributed by atoms with Crippen molar-refractivity contribution in [2.24, 2.45) is 0 Å². The maximum Gasteiger partial charge on any atom is 0.244 e. The lowest BCUT2D eigenvalue weighted by Gasteiger charge is -2.10. The number of ether oxygens (including phenoxy) is 1. The number of rotatable bonds is 5. The van der Waals surface area contributed by atoms with Gasteiger partial charge in [0.25, 0.3) is 0 Å². The lowest BCUT2D eigenvalue weighted by Crippen LogP contribution is -2.24. The Bertz CT molecular complexity index is 815. The molecule has 8 heteroatoms. The SMILES string of the molecule is COc1cc(C#N)ccc1S(=O)(=O)NCc1nc(C)c(C)o1. The van der Waals surface area contributed by atoms with E-state index in [2.05, 4.69) is 9.71 Å². The molecule has 2 aromatic rings. The molecule has 1 aromatic heterocycles. The van der Waals surface area contributed by atoms with Crippen LogP contribution in [0.25, 0.3) is 0 Å². The predicted molar refractivity (Wildman–Crippen MR) is 77.7 cm³/mol. The zero-order valence-corrected chi connectivity index (χ0v) is 13.2. The predicted octanol–water partition coefficient (Wildman–Crippen LogP) is 1.65. The summed E-state index contributed by atoms with van der Waals surface area (Å²) in [6.07, 6.45) is 0. The molecule has 2 rings (SSSR count). The van der Waals surface area contributed by atoms with E-state index in [1.54, 1.807) is 13.8 Å². The molecule has 0 fully saturated rings. The number of benzene rings is 1. The fourth-order valence-electron chi connectivity index (χ4n) is 1.81. The Kier molecular flexibility index (Phi) is 4.49. The van der Waals surface area contributed by atoms with Crippen LogP contribution in [-0.4, -0.2) is 20.5 Å². The molecule has 0 radical (unpaired) electrons. The molecule has 0 aliphatic heterocycles. The summed E-state index contributed by atoms with van der Waals surface area (Å²) in [6.45, 7) is 3.46. The number of nitrogens with one attached hydrogen (secondary N) is 1. The second-order valence-electron chi connectivity index (χ2n) is 4.55. The number of oxazole rings is 1. The zero-order chi connectivity index (χ0) is 16.3. The molecule has 0 spiro atoms. The Morgan fingerprint density at radius 2 is 2.14 bits per heavy atom. The van der Waals surface area contributed by atoms with Gasteiger partial charge in [-0.2, -0.15) is 5.26 Å². The maximum atomic E-state index is 12.3. The van der Waals surface area contributed by atoms with E-state index in [9.17, 15) is 8.42 Å². The normalized spacial score (nSPS) is 11.2. The number of aryl methyl sites for hydroxylation is 2. The van der Waals surface area contributed by atoms with Crippen LogP contribution in [0.1, 0.15) is 22.9 Å². The van der Waals surface area contributed by atoms with Gasteiger partial charge in [-0.15, -0.1) is 0 Å². The molecule has 116 valence electrons. The average molecular weight is 321 g/mol. The van der Waals surface area contributed by atoms with Crippen molar-refractivity contribution in [1.29, 1.82) is 5.26 Å². The zero-order valence-electron chi connectivity index (χ0n) is 12.4. The molecule has 0 unspecified atom stereocenters. The third-order valence-electron chi connectivity index (χ3n) is 3.07. The van der Waals surface area contributed by atoms with E-state index in [1.165, 1.54) is 25.3 Å². The standard InChI is InChI=1S/C14H15N3O4S/c1-9-10(2)21-14(17-9)8-16-22(18,19)13-5-4-11(7-15)6-12(13)20-3/h4-6,16H,8H2,1-3H3. The van der Waals surface area contributed by atoms with Gasteiger partial charge < -0.3 is 9.15 Å². The summed E-state index contributed by atoms with van der Waals surface area (Å²) in [5.74, 6) is 1.03. The molecule has 0 saturated carbocycles. The first-order valence-electron chi connectivity index (χ1n) is 6.38. The van der Waals surface area contributed by atoms with Gasteiger partial charge in [0.1, 0.15) is 16.4 Å². The number of hydrogen-bond donors (Lipinski definition) is 1. The third-order valence-corrected chi connectivity index (χ3v) is 4.51. The van der Waals surface area contributed by atoms with Gasteiger partial charge in [0, 0.05) is 0 Å². The first-order chi connectivity index (χ1) is 10.4. The summed E-state index contributed by atoms with van der Waals surface area (Å²) in [4.78, 5) is 4.06. The molecule has 0 saturated heterocycles. The van der Waals surface area contributed by atoms with Gasteiger partial charge in [-0.1, -0.05) is 0 Å². The highest BCUT2D eigenvalue weighted by Crippen LogP contribution is 2.24. The number of sulfonamides is 1. The molecular formula is C14H15N3O4S. The monoisotopic (exact) mass is 321 g/mol. The van der Waals surface area contributed by atoms with E-state index in [-0.39, 0.29) is 23.1 Å². The van der Waals surface area contributed by atoms with Crippen molar-refractivity contribution in [2.45, 2.75) is 25.3 Å². The molecule has 1 N–H and O–H groups in total. The fraction of sp³-hybridized carbons (Fsp3) is 0.286. The minimum Gasteiger partial charge on any atom is -0.495 e. The molecule has 22 heavy (non-hydrogen) atoms. The smallest absolute Gasteiger partial charge is 0.244 e. The van der Waals surface area contributed by atoms with Crippen LogP contribution in [0.15, 0.2) is 27.5 Å². The Morgan fingerprint density at radius 1 is 1.41 bits per heavy atom. The Morgan fingerprint density at radius 3 is 2.68 bits per heavy atom. The van der Waals surface area contributed by atoms with Crippen molar-refractivity contribution in [2.75, 3.05) is 7.11 Å². The number of nitriles is 1. The van der Waals surface area contributed by atoms with Crippen molar-refractivity contribution < 1.29 is 17.6 Å². The highest BCUT2D eigenvalue weighted by molar-refractivity contribution is 7.89. The molecular weight excluding hydrogens is 306 g/mol. The highest BCUT2D eigenvalue weighted by atomic mass is 32.2. The summed E-state index contributed by atoms with van der Waals surface area (Å²) in [7, 11) is -2.47. The lowest BCUT2D eigenvalue weighted by molar-refractivity contribution is 0.402. The molecule has 0 amide bonds. The van der Waals surface area contributed by atoms with E-state index in [4.69, 9.17) is 14.4 Å². The fourth-order valence-corrected chi connectivity index (χ4v) is 2.93. The van der Waals surface area contributed by atoms with Crippen LogP contribution >= 0.6 is 0 Å². The van der Waals surface area contributed by atoms with Gasteiger partial charge in [-0.25, -0.2) is 18.1 Å². The van der Waals surface area contributed by atoms with Crippen molar-refractivity contribution in [3.05, 3.63) is 41.1 Å². The highest BCUT2D eigenvalue weighted by Gasteiger charge is 2.20. The molecule has 0 bridgehead atoms. The van der Waals surface area contributed by atoms with Gasteiger partial charge >= 0.3 is 0 Å². The van der Waals surface area contributed by atoms with Crippen molar-refractivity contribution in [1.82, 2.24) is 9.71 Å². The third kappa shape index (κ3) is 3.27. The Balaban J connectivity index is 2.25. The maximum absolute atomic E-state index is 12.3. The van der Waals surface area contributed by atoms with Crippen molar-refractivity contribution in [3.63, 3.8) is 0 Å². The largest absolute Gasteiger partial charge is 0.495 e. The van der Waals surface area contributed by atoms with Crippen LogP contribution in [0, 0.1) is 25.2 Å². The summed E-state index contributed by atoms with van der Waals surface area (Å²) in [6, 6.07) is 6.03. The van der Waals surface area contributed by atoms with Crippen LogP contribution in [0.3, 0.4) is 0 Å². The quantitative estimate of drug-likeness (QED) is 0.897. The summed E-state index contributed by atoms with van der Waals surface area (Å²) >= 11 is 0. The Labute approximate surface area is 128 Å². The molecule has 1 aromatic carbocycles. The molecule has 0 atom stereocenters. The average Bonchev–Trinajstić information content (AvgIpc) is 2.83. The number of aromatic nitrogens is 1. The van der Waals surface area contributed by atoms with Gasteiger partial charge in [0.05, 0.1) is 31.0 Å². The Hall–Kier alpha value is -2.37. The minimum atomic E-state index is -3.81. The first kappa shape index (κ1) is 16.0. The van der Waals surface area contributed by atoms with E-state index in [0.29, 0.717) is 17.0 Å². The van der Waals surface area contributed by atoms with Gasteiger partial charge in [0.2, 0.25) is 15.9 Å². The molecule has 1 heterocycles. The van der Waals surface area contributed by atoms with E-state index >= 15 is 0 Å². The van der Waals surface area contributed by atoms with Crippen LogP contribution in [0.5, 0.6) is 5.75 Å². The van der Waals surface area contributed by atoms with Gasteiger partial charge in [-0.05, 0) is 32.0 Å². The second-order valence-corrected chi connectivity index (χ2v) is 6.29. The summed E-state index contributed by atoms with van der Waals surface area (Å²) in [5, 5.41) is 8.84. The lowest BCUT2D eigenvalue weighted by atomic mass is 10.2. The first-order valence-corrected chi connectivity index (χ1v) is 7.86. The van der Waals surface area contributed by atoms with E-state index in [0.717, 1.165) is 0 Å². The number of nitrogens with zero attached hydrogens (tertiary/aromatic N) is 2. The van der Waals surface area contributed by atoms with Crippen LogP contribution in [0.2, 0.25) is 0 Å². The topological polar surface area (TPSA) is 105 Å². The molecule has 7 nitrogen and oxygen atoms in total. The summed E-state index contributed by atoms with van der Waals surface area (Å²) in [5.41, 5.74) is 1.03. The van der Waals surface area contributed by atoms with Crippen LogP contribution in [0.4, 0.5) is 0 Å². The summed E-state index contributed by atoms with van der Waals surface area (Å²) < 4.78 is 37.4. The van der Waals surface area contributed by atoms with Crippen molar-refractivity contribution in [3.8, 4) is 11.8 Å².